The van der Waals surface area contributed by atoms with E-state index in [-0.39, 0.29) is 5.24 Å². The highest BCUT2D eigenvalue weighted by molar-refractivity contribution is 9.10. The molecule has 1 fully saturated rings. The number of benzene rings is 2. The van der Waals surface area contributed by atoms with Gasteiger partial charge in [0.25, 0.3) is 11.1 Å². The van der Waals surface area contributed by atoms with Crippen molar-refractivity contribution in [1.82, 2.24) is 5.32 Å². The molecule has 7 heteroatoms. The molecule has 5 nitrogen and oxygen atoms in total. The summed E-state index contributed by atoms with van der Waals surface area (Å²) in [7, 11) is 0. The van der Waals surface area contributed by atoms with Gasteiger partial charge in [-0.25, -0.2) is 0 Å². The second kappa shape index (κ2) is 8.63. The van der Waals surface area contributed by atoms with Crippen molar-refractivity contribution in [3.63, 3.8) is 0 Å². The summed E-state index contributed by atoms with van der Waals surface area (Å²) in [5.41, 5.74) is 3.01. The number of imide groups is 1. The Hall–Kier alpha value is -2.25. The van der Waals surface area contributed by atoms with E-state index in [9.17, 15) is 9.59 Å². The monoisotopic (exact) mass is 447 g/mol. The van der Waals surface area contributed by atoms with Crippen LogP contribution in [0.4, 0.5) is 4.79 Å². The molecule has 0 aliphatic carbocycles. The van der Waals surface area contributed by atoms with Crippen LogP contribution < -0.4 is 14.8 Å². The van der Waals surface area contributed by atoms with Crippen LogP contribution in [-0.2, 0) is 4.79 Å². The lowest BCUT2D eigenvalue weighted by Crippen LogP contribution is -2.17. The van der Waals surface area contributed by atoms with Crippen LogP contribution >= 0.6 is 27.7 Å². The van der Waals surface area contributed by atoms with Crippen LogP contribution in [-0.4, -0.2) is 24.4 Å². The van der Waals surface area contributed by atoms with E-state index in [0.29, 0.717) is 29.4 Å². The fraction of sp³-hybridized carbons (Fsp3) is 0.200. The van der Waals surface area contributed by atoms with Crippen molar-refractivity contribution in [1.29, 1.82) is 0 Å². The van der Waals surface area contributed by atoms with Gasteiger partial charge in [0.2, 0.25) is 0 Å². The average Bonchev–Trinajstić information content (AvgIpc) is 2.89. The van der Waals surface area contributed by atoms with Gasteiger partial charge in [0, 0.05) is 10.0 Å². The molecule has 1 N–H and O–H groups in total. The Balaban J connectivity index is 1.66. The maximum atomic E-state index is 11.8. The normalized spacial score (nSPS) is 15.1. The fourth-order valence-corrected chi connectivity index (χ4v) is 3.71. The Labute approximate surface area is 170 Å². The van der Waals surface area contributed by atoms with Crippen LogP contribution in [0.5, 0.6) is 11.5 Å². The minimum absolute atomic E-state index is 0.342. The summed E-state index contributed by atoms with van der Waals surface area (Å²) in [4.78, 5) is 23.4. The lowest BCUT2D eigenvalue weighted by Gasteiger charge is -2.12. The van der Waals surface area contributed by atoms with Gasteiger partial charge in [-0.05, 0) is 73.1 Å². The maximum absolute atomic E-state index is 11.8. The first-order valence-electron chi connectivity index (χ1n) is 8.29. The Morgan fingerprint density at radius 2 is 1.74 bits per heavy atom. The van der Waals surface area contributed by atoms with E-state index in [0.717, 1.165) is 33.1 Å². The van der Waals surface area contributed by atoms with Gasteiger partial charge >= 0.3 is 0 Å². The molecule has 1 aliphatic rings. The molecule has 3 rings (SSSR count). The van der Waals surface area contributed by atoms with E-state index in [4.69, 9.17) is 9.47 Å². The summed E-state index contributed by atoms with van der Waals surface area (Å²) in [6, 6.07) is 11.6. The van der Waals surface area contributed by atoms with Gasteiger partial charge in [0.05, 0.1) is 4.91 Å². The van der Waals surface area contributed by atoms with Gasteiger partial charge in [-0.3, -0.25) is 14.9 Å². The Morgan fingerprint density at radius 3 is 2.41 bits per heavy atom. The summed E-state index contributed by atoms with van der Waals surface area (Å²) in [5, 5.41) is 1.88. The van der Waals surface area contributed by atoms with Gasteiger partial charge in [0.15, 0.2) is 0 Å². The van der Waals surface area contributed by atoms with Crippen molar-refractivity contribution in [3.05, 3.63) is 62.5 Å². The highest BCUT2D eigenvalue weighted by atomic mass is 79.9. The molecule has 0 spiro atoms. The van der Waals surface area contributed by atoms with Crippen LogP contribution in [0.2, 0.25) is 0 Å². The maximum Gasteiger partial charge on any atom is 0.290 e. The summed E-state index contributed by atoms with van der Waals surface area (Å²) < 4.78 is 12.4. The SMILES string of the molecule is Cc1cc(C)cc(OCCOc2ccc(Br)cc2C=C2SC(=O)NC2=O)c1. The van der Waals surface area contributed by atoms with Crippen molar-refractivity contribution in [2.75, 3.05) is 13.2 Å². The third-order valence-corrected chi connectivity index (χ3v) is 5.01. The molecular weight excluding hydrogens is 430 g/mol. The van der Waals surface area contributed by atoms with E-state index in [1.54, 1.807) is 6.08 Å². The summed E-state index contributed by atoms with van der Waals surface area (Å²) in [5.74, 6) is 1.03. The van der Waals surface area contributed by atoms with Crippen molar-refractivity contribution in [2.45, 2.75) is 13.8 Å². The van der Waals surface area contributed by atoms with Crippen LogP contribution in [0.3, 0.4) is 0 Å². The number of hydrogen-bond donors (Lipinski definition) is 1. The first kappa shape index (κ1) is 19.5. The molecular formula is C20H18BrNO4S. The van der Waals surface area contributed by atoms with E-state index < -0.39 is 5.91 Å². The second-order valence-electron chi connectivity index (χ2n) is 6.05. The lowest BCUT2D eigenvalue weighted by atomic mass is 10.1. The Bertz CT molecular complexity index is 906. The fourth-order valence-electron chi connectivity index (χ4n) is 2.65. The predicted octanol–water partition coefficient (Wildman–Crippen LogP) is 4.85. The van der Waals surface area contributed by atoms with Crippen LogP contribution in [0.15, 0.2) is 45.8 Å². The number of rotatable bonds is 6. The minimum atomic E-state index is -0.394. The molecule has 1 aliphatic heterocycles. The standard InChI is InChI=1S/C20H18BrNO4S/c1-12-7-13(2)9-16(8-12)25-5-6-26-17-4-3-15(21)10-14(17)11-18-19(23)22-20(24)27-18/h3-4,7-11H,5-6H2,1-2H3,(H,22,23,24). The summed E-state index contributed by atoms with van der Waals surface area (Å²) in [6.07, 6.45) is 1.65. The molecule has 1 heterocycles. The van der Waals surface area contributed by atoms with Gasteiger partial charge in [-0.1, -0.05) is 22.0 Å². The summed E-state index contributed by atoms with van der Waals surface area (Å²) in [6.45, 7) is 4.80. The smallest absolute Gasteiger partial charge is 0.290 e. The number of hydrogen-bond acceptors (Lipinski definition) is 5. The zero-order valence-electron chi connectivity index (χ0n) is 14.9. The number of carbonyl (C=O) groups is 2. The van der Waals surface area contributed by atoms with Gasteiger partial charge in [-0.2, -0.15) is 0 Å². The molecule has 2 amide bonds. The predicted molar refractivity (Wildman–Crippen MR) is 110 cm³/mol. The van der Waals surface area contributed by atoms with Crippen molar-refractivity contribution in [2.24, 2.45) is 0 Å². The van der Waals surface area contributed by atoms with Gasteiger partial charge in [-0.15, -0.1) is 0 Å². The molecule has 0 unspecified atom stereocenters. The largest absolute Gasteiger partial charge is 0.490 e. The molecule has 0 atom stereocenters. The number of carbonyl (C=O) groups excluding carboxylic acids is 2. The van der Waals surface area contributed by atoms with Crippen LogP contribution in [0, 0.1) is 13.8 Å². The molecule has 0 bridgehead atoms. The van der Waals surface area contributed by atoms with Crippen molar-refractivity contribution >= 4 is 44.9 Å². The minimum Gasteiger partial charge on any atom is -0.490 e. The molecule has 2 aromatic rings. The topological polar surface area (TPSA) is 64.6 Å². The third-order valence-electron chi connectivity index (χ3n) is 3.71. The molecule has 1 saturated heterocycles. The molecule has 0 radical (unpaired) electrons. The molecule has 0 saturated carbocycles. The first-order chi connectivity index (χ1) is 12.9. The molecule has 27 heavy (non-hydrogen) atoms. The zero-order chi connectivity index (χ0) is 19.4. The highest BCUT2D eigenvalue weighted by Gasteiger charge is 2.25. The molecule has 2 aromatic carbocycles. The van der Waals surface area contributed by atoms with Crippen molar-refractivity contribution in [3.8, 4) is 11.5 Å². The van der Waals surface area contributed by atoms with Crippen LogP contribution in [0.1, 0.15) is 16.7 Å². The second-order valence-corrected chi connectivity index (χ2v) is 7.99. The summed E-state index contributed by atoms with van der Waals surface area (Å²) >= 11 is 4.29. The van der Waals surface area contributed by atoms with E-state index in [2.05, 4.69) is 27.3 Å². The van der Waals surface area contributed by atoms with Gasteiger partial charge < -0.3 is 9.47 Å². The van der Waals surface area contributed by atoms with Gasteiger partial charge in [0.1, 0.15) is 24.7 Å². The zero-order valence-corrected chi connectivity index (χ0v) is 17.3. The van der Waals surface area contributed by atoms with Crippen LogP contribution in [0.25, 0.3) is 6.08 Å². The third kappa shape index (κ3) is 5.37. The Morgan fingerprint density at radius 1 is 1.04 bits per heavy atom. The highest BCUT2D eigenvalue weighted by Crippen LogP contribution is 2.31. The first-order valence-corrected chi connectivity index (χ1v) is 9.90. The van der Waals surface area contributed by atoms with E-state index in [1.165, 1.54) is 0 Å². The quantitative estimate of drug-likeness (QED) is 0.506. The average molecular weight is 448 g/mol. The van der Waals surface area contributed by atoms with E-state index >= 15 is 0 Å². The number of nitrogens with one attached hydrogen (secondary N) is 1. The van der Waals surface area contributed by atoms with Crippen molar-refractivity contribution < 1.29 is 19.1 Å². The number of ether oxygens (including phenoxy) is 2. The van der Waals surface area contributed by atoms with E-state index in [1.807, 2.05) is 44.2 Å². The number of aryl methyl sites for hydroxylation is 2. The number of halogens is 1. The number of amides is 2. The molecule has 140 valence electrons. The Kier molecular flexibility index (Phi) is 6.23. The lowest BCUT2D eigenvalue weighted by molar-refractivity contribution is -0.115. The number of thioether (sulfide) groups is 1. The molecule has 0 aromatic heterocycles.